The summed E-state index contributed by atoms with van der Waals surface area (Å²) >= 11 is 0. The van der Waals surface area contributed by atoms with Crippen LogP contribution in [0.2, 0.25) is 0 Å². The van der Waals surface area contributed by atoms with Gasteiger partial charge >= 0.3 is 5.69 Å². The maximum Gasteiger partial charge on any atom is 0.352 e. The maximum atomic E-state index is 13.1. The second kappa shape index (κ2) is 7.27. The molecule has 2 aromatic carbocycles. The van der Waals surface area contributed by atoms with E-state index in [0.717, 1.165) is 4.57 Å². The average molecular weight is 393 g/mol. The van der Waals surface area contributed by atoms with Crippen LogP contribution in [0.3, 0.4) is 0 Å². The number of nitrogens with zero attached hydrogens (tertiary/aromatic N) is 5. The van der Waals surface area contributed by atoms with Gasteiger partial charge in [0.25, 0.3) is 5.56 Å². The van der Waals surface area contributed by atoms with Crippen LogP contribution in [0.5, 0.6) is 5.75 Å². The van der Waals surface area contributed by atoms with Crippen molar-refractivity contribution in [3.05, 3.63) is 80.7 Å². The van der Waals surface area contributed by atoms with Gasteiger partial charge in [-0.15, -0.1) is 0 Å². The van der Waals surface area contributed by atoms with Gasteiger partial charge in [-0.2, -0.15) is 10.1 Å². The summed E-state index contributed by atoms with van der Waals surface area (Å²) in [5.74, 6) is 0.684. The van der Waals surface area contributed by atoms with E-state index >= 15 is 0 Å². The molecule has 9 heteroatoms. The van der Waals surface area contributed by atoms with Crippen molar-refractivity contribution < 1.29 is 9.13 Å². The second-order valence-corrected chi connectivity index (χ2v) is 6.37. The van der Waals surface area contributed by atoms with Gasteiger partial charge in [-0.25, -0.2) is 18.9 Å². The van der Waals surface area contributed by atoms with Crippen molar-refractivity contribution in [1.29, 1.82) is 0 Å². The number of aryl methyl sites for hydroxylation is 1. The fourth-order valence-electron chi connectivity index (χ4n) is 2.93. The highest BCUT2D eigenvalue weighted by atomic mass is 19.1. The van der Waals surface area contributed by atoms with Gasteiger partial charge in [0.05, 0.1) is 13.7 Å². The van der Waals surface area contributed by atoms with Crippen LogP contribution in [-0.4, -0.2) is 31.4 Å². The van der Waals surface area contributed by atoms with Crippen LogP contribution < -0.4 is 16.0 Å². The average Bonchev–Trinajstić information content (AvgIpc) is 2.73. The second-order valence-electron chi connectivity index (χ2n) is 6.37. The summed E-state index contributed by atoms with van der Waals surface area (Å²) in [5, 5.41) is 4.31. The number of aromatic nitrogens is 5. The molecule has 0 unspecified atom stereocenters. The predicted molar refractivity (Wildman–Crippen MR) is 103 cm³/mol. The van der Waals surface area contributed by atoms with Crippen LogP contribution in [-0.2, 0) is 13.6 Å². The molecule has 0 amide bonds. The number of hydrogen-bond acceptors (Lipinski definition) is 6. The van der Waals surface area contributed by atoms with Gasteiger partial charge in [-0.1, -0.05) is 12.1 Å². The summed E-state index contributed by atoms with van der Waals surface area (Å²) < 4.78 is 20.6. The minimum Gasteiger partial charge on any atom is -0.497 e. The highest BCUT2D eigenvalue weighted by molar-refractivity contribution is 5.60. The van der Waals surface area contributed by atoms with E-state index < -0.39 is 17.1 Å². The Labute approximate surface area is 164 Å². The maximum absolute atomic E-state index is 13.1. The fraction of sp³-hybridized carbons (Fsp3) is 0.150. The predicted octanol–water partition coefficient (Wildman–Crippen LogP) is 1.70. The first-order chi connectivity index (χ1) is 14.0. The van der Waals surface area contributed by atoms with Gasteiger partial charge < -0.3 is 4.74 Å². The summed E-state index contributed by atoms with van der Waals surface area (Å²) in [7, 11) is 3.16. The Morgan fingerprint density at radius 3 is 2.34 bits per heavy atom. The lowest BCUT2D eigenvalue weighted by Gasteiger charge is -2.13. The van der Waals surface area contributed by atoms with E-state index in [4.69, 9.17) is 4.74 Å². The Balaban J connectivity index is 1.85. The van der Waals surface area contributed by atoms with Crippen molar-refractivity contribution in [2.75, 3.05) is 7.11 Å². The standard InChI is InChI=1S/C20H16FN5O3/c1-25-18-16(22-17(24-25)13-5-9-15(29-2)10-6-13)19(27)26(20(28)23-18)11-12-3-7-14(21)8-4-12/h3-10H,11H2,1-2H3. The molecule has 2 heterocycles. The molecule has 0 N–H and O–H groups in total. The normalized spacial score (nSPS) is 11.0. The number of fused-ring (bicyclic) bond motifs is 1. The molecule has 0 atom stereocenters. The molecule has 0 saturated carbocycles. The smallest absolute Gasteiger partial charge is 0.352 e. The largest absolute Gasteiger partial charge is 0.497 e. The number of ether oxygens (including phenoxy) is 1. The molecule has 0 radical (unpaired) electrons. The first kappa shape index (κ1) is 18.5. The van der Waals surface area contributed by atoms with Crippen molar-refractivity contribution in [2.45, 2.75) is 6.54 Å². The zero-order valence-corrected chi connectivity index (χ0v) is 15.7. The molecular weight excluding hydrogens is 377 g/mol. The molecule has 2 aromatic rings. The molecule has 0 aromatic heterocycles. The van der Waals surface area contributed by atoms with Gasteiger partial charge in [0.1, 0.15) is 11.6 Å². The Hall–Kier alpha value is -3.88. The first-order valence-electron chi connectivity index (χ1n) is 8.71. The molecule has 0 bridgehead atoms. The van der Waals surface area contributed by atoms with E-state index in [1.165, 1.54) is 28.9 Å². The van der Waals surface area contributed by atoms with Crippen molar-refractivity contribution in [2.24, 2.45) is 7.05 Å². The van der Waals surface area contributed by atoms with Gasteiger partial charge in [0.2, 0.25) is 0 Å². The quantitative estimate of drug-likeness (QED) is 0.524. The van der Waals surface area contributed by atoms with Crippen LogP contribution in [0.15, 0.2) is 58.1 Å². The summed E-state index contributed by atoms with van der Waals surface area (Å²) in [6.45, 7) is -0.0352. The molecule has 0 aliphatic carbocycles. The Bertz CT molecular complexity index is 1260. The number of hydrogen-bond donors (Lipinski definition) is 0. The van der Waals surface area contributed by atoms with Crippen molar-refractivity contribution >= 4 is 0 Å². The monoisotopic (exact) mass is 393 g/mol. The molecule has 2 aliphatic heterocycles. The van der Waals surface area contributed by atoms with Crippen molar-refractivity contribution in [3.63, 3.8) is 0 Å². The number of rotatable bonds is 4. The lowest BCUT2D eigenvalue weighted by molar-refractivity contribution is 0.415. The summed E-state index contributed by atoms with van der Waals surface area (Å²) in [6, 6.07) is 12.6. The van der Waals surface area contributed by atoms with Gasteiger partial charge in [-0.05, 0) is 42.0 Å². The molecule has 29 heavy (non-hydrogen) atoms. The van der Waals surface area contributed by atoms with Crippen LogP contribution in [0.4, 0.5) is 4.39 Å². The Kier molecular flexibility index (Phi) is 4.63. The summed E-state index contributed by atoms with van der Waals surface area (Å²) in [5.41, 5.74) is -0.00474. The zero-order chi connectivity index (χ0) is 20.5. The lowest BCUT2D eigenvalue weighted by Crippen LogP contribution is -2.39. The van der Waals surface area contributed by atoms with Gasteiger partial charge in [0, 0.05) is 12.6 Å². The molecule has 146 valence electrons. The third kappa shape index (κ3) is 3.49. The number of benzene rings is 2. The fourth-order valence-corrected chi connectivity index (χ4v) is 2.93. The van der Waals surface area contributed by atoms with Crippen molar-refractivity contribution in [3.8, 4) is 28.7 Å². The highest BCUT2D eigenvalue weighted by Gasteiger charge is 2.21. The van der Waals surface area contributed by atoms with Gasteiger partial charge in [-0.3, -0.25) is 9.36 Å². The van der Waals surface area contributed by atoms with Crippen LogP contribution in [0.25, 0.3) is 22.9 Å². The summed E-state index contributed by atoms with van der Waals surface area (Å²) in [4.78, 5) is 33.7. The molecule has 0 fully saturated rings. The molecule has 4 rings (SSSR count). The van der Waals surface area contributed by atoms with E-state index in [1.54, 1.807) is 38.4 Å². The van der Waals surface area contributed by atoms with Crippen molar-refractivity contribution in [1.82, 2.24) is 24.3 Å². The lowest BCUT2D eigenvalue weighted by atomic mass is 10.2. The molecular formula is C20H16FN5O3. The van der Waals surface area contributed by atoms with Crippen LogP contribution in [0, 0.1) is 5.82 Å². The Morgan fingerprint density at radius 2 is 1.69 bits per heavy atom. The topological polar surface area (TPSA) is 91.9 Å². The van der Waals surface area contributed by atoms with E-state index in [2.05, 4.69) is 15.1 Å². The highest BCUT2D eigenvalue weighted by Crippen LogP contribution is 2.21. The zero-order valence-electron chi connectivity index (χ0n) is 15.7. The number of methoxy groups -OCH3 is 1. The van der Waals surface area contributed by atoms with E-state index in [1.807, 2.05) is 0 Å². The van der Waals surface area contributed by atoms with E-state index in [-0.39, 0.29) is 18.1 Å². The van der Waals surface area contributed by atoms with E-state index in [9.17, 15) is 14.0 Å². The van der Waals surface area contributed by atoms with Crippen LogP contribution in [0.1, 0.15) is 5.56 Å². The third-order valence-corrected chi connectivity index (χ3v) is 4.46. The molecule has 0 spiro atoms. The molecule has 0 saturated heterocycles. The number of halogens is 1. The summed E-state index contributed by atoms with van der Waals surface area (Å²) in [6.07, 6.45) is 0. The third-order valence-electron chi connectivity index (χ3n) is 4.46. The Morgan fingerprint density at radius 1 is 1.00 bits per heavy atom. The van der Waals surface area contributed by atoms with Gasteiger partial charge in [0.15, 0.2) is 17.3 Å². The molecule has 2 aliphatic rings. The first-order valence-corrected chi connectivity index (χ1v) is 8.71. The SMILES string of the molecule is COc1ccc(-c2nc3c(=O)n(Cc4ccc(F)cc4)c(=O)nc-3n(C)n2)cc1. The minimum absolute atomic E-state index is 0.0232. The van der Waals surface area contributed by atoms with E-state index in [0.29, 0.717) is 22.7 Å². The van der Waals surface area contributed by atoms with Crippen LogP contribution >= 0.6 is 0 Å². The minimum atomic E-state index is -0.719. The molecule has 8 nitrogen and oxygen atoms in total.